The van der Waals surface area contributed by atoms with Crippen molar-refractivity contribution in [3.8, 4) is 0 Å². The van der Waals surface area contributed by atoms with Gasteiger partial charge in [-0.1, -0.05) is 0 Å². The number of hydrogen-bond acceptors (Lipinski definition) is 4. The van der Waals surface area contributed by atoms with E-state index in [4.69, 9.17) is 9.47 Å². The number of methoxy groups -OCH3 is 1. The lowest BCUT2D eigenvalue weighted by Gasteiger charge is -2.05. The molecule has 0 saturated carbocycles. The summed E-state index contributed by atoms with van der Waals surface area (Å²) in [6.45, 7) is 6.12. The van der Waals surface area contributed by atoms with Gasteiger partial charge in [-0.3, -0.25) is 5.10 Å². The maximum atomic E-state index is 5.38. The molecule has 0 unspecified atom stereocenters. The molecule has 2 N–H and O–H groups in total. The highest BCUT2D eigenvalue weighted by molar-refractivity contribution is 5.13. The molecule has 1 aromatic rings. The molecule has 0 bridgehead atoms. The van der Waals surface area contributed by atoms with Crippen molar-refractivity contribution >= 4 is 0 Å². The Hall–Kier alpha value is -0.910. The maximum Gasteiger partial charge on any atom is 0.0700 e. The summed E-state index contributed by atoms with van der Waals surface area (Å²) in [5.74, 6) is 0. The van der Waals surface area contributed by atoms with Crippen LogP contribution in [0.1, 0.15) is 24.1 Å². The third kappa shape index (κ3) is 6.41. The first-order valence-corrected chi connectivity index (χ1v) is 6.11. The number of rotatable bonds is 10. The SMILES string of the molecule is COCCOCCCCNCc1cn[nH]c1C. The minimum Gasteiger partial charge on any atom is -0.382 e. The van der Waals surface area contributed by atoms with Crippen LogP contribution in [0.3, 0.4) is 0 Å². The summed E-state index contributed by atoms with van der Waals surface area (Å²) in [6, 6.07) is 0. The molecule has 0 aliphatic carbocycles. The topological polar surface area (TPSA) is 59.2 Å². The normalized spacial score (nSPS) is 10.9. The zero-order valence-corrected chi connectivity index (χ0v) is 10.8. The first kappa shape index (κ1) is 14.2. The lowest BCUT2D eigenvalue weighted by atomic mass is 10.2. The van der Waals surface area contributed by atoms with E-state index >= 15 is 0 Å². The highest BCUT2D eigenvalue weighted by Gasteiger charge is 1.98. The van der Waals surface area contributed by atoms with Crippen molar-refractivity contribution in [3.63, 3.8) is 0 Å². The van der Waals surface area contributed by atoms with Crippen LogP contribution < -0.4 is 5.32 Å². The van der Waals surface area contributed by atoms with Crippen LogP contribution >= 0.6 is 0 Å². The number of nitrogens with one attached hydrogen (secondary N) is 2. The number of H-pyrrole nitrogens is 1. The molecule has 98 valence electrons. The Kier molecular flexibility index (Phi) is 7.62. The number of ether oxygens (including phenoxy) is 2. The Morgan fingerprint density at radius 3 is 2.88 bits per heavy atom. The second kappa shape index (κ2) is 9.15. The average molecular weight is 241 g/mol. The van der Waals surface area contributed by atoms with Crippen LogP contribution in [-0.4, -0.2) is 43.7 Å². The van der Waals surface area contributed by atoms with E-state index in [0.29, 0.717) is 13.2 Å². The zero-order valence-electron chi connectivity index (χ0n) is 10.8. The molecule has 5 heteroatoms. The number of aromatic nitrogens is 2. The van der Waals surface area contributed by atoms with E-state index in [0.717, 1.165) is 38.2 Å². The van der Waals surface area contributed by atoms with Gasteiger partial charge in [0.2, 0.25) is 0 Å². The molecule has 0 saturated heterocycles. The van der Waals surface area contributed by atoms with Gasteiger partial charge in [0.05, 0.1) is 19.4 Å². The molecular formula is C12H23N3O2. The molecule has 1 heterocycles. The third-order valence-corrected chi connectivity index (χ3v) is 2.57. The fourth-order valence-electron chi connectivity index (χ4n) is 1.48. The van der Waals surface area contributed by atoms with E-state index in [1.165, 1.54) is 5.56 Å². The second-order valence-corrected chi connectivity index (χ2v) is 4.01. The molecule has 0 aliphatic heterocycles. The first-order valence-electron chi connectivity index (χ1n) is 6.11. The van der Waals surface area contributed by atoms with E-state index in [1.54, 1.807) is 7.11 Å². The number of nitrogens with zero attached hydrogens (tertiary/aromatic N) is 1. The Labute approximate surface area is 103 Å². The lowest BCUT2D eigenvalue weighted by molar-refractivity contribution is 0.0688. The lowest BCUT2D eigenvalue weighted by Crippen LogP contribution is -2.15. The standard InChI is InChI=1S/C12H23N3O2/c1-11-12(10-14-15-11)9-13-5-3-4-6-17-8-7-16-2/h10,13H,3-9H2,1-2H3,(H,14,15). The summed E-state index contributed by atoms with van der Waals surface area (Å²) in [5, 5.41) is 10.3. The van der Waals surface area contributed by atoms with Gasteiger partial charge < -0.3 is 14.8 Å². The van der Waals surface area contributed by atoms with Gasteiger partial charge in [-0.05, 0) is 26.3 Å². The highest BCUT2D eigenvalue weighted by atomic mass is 16.5. The average Bonchev–Trinajstić information content (AvgIpc) is 2.73. The maximum absolute atomic E-state index is 5.38. The molecule has 0 spiro atoms. The van der Waals surface area contributed by atoms with Crippen molar-refractivity contribution in [2.45, 2.75) is 26.3 Å². The molecule has 0 aromatic carbocycles. The van der Waals surface area contributed by atoms with Crippen LogP contribution in [0.15, 0.2) is 6.20 Å². The molecule has 0 fully saturated rings. The molecule has 1 rings (SSSR count). The third-order valence-electron chi connectivity index (χ3n) is 2.57. The fourth-order valence-corrected chi connectivity index (χ4v) is 1.48. The number of aryl methyl sites for hydroxylation is 1. The van der Waals surface area contributed by atoms with Crippen LogP contribution in [0.5, 0.6) is 0 Å². The second-order valence-electron chi connectivity index (χ2n) is 4.01. The van der Waals surface area contributed by atoms with Gasteiger partial charge in [0.15, 0.2) is 0 Å². The van der Waals surface area contributed by atoms with Crippen molar-refractivity contribution in [3.05, 3.63) is 17.5 Å². The van der Waals surface area contributed by atoms with Gasteiger partial charge >= 0.3 is 0 Å². The van der Waals surface area contributed by atoms with Crippen LogP contribution in [0, 0.1) is 6.92 Å². The summed E-state index contributed by atoms with van der Waals surface area (Å²) in [4.78, 5) is 0. The van der Waals surface area contributed by atoms with Crippen LogP contribution in [0.25, 0.3) is 0 Å². The van der Waals surface area contributed by atoms with E-state index in [-0.39, 0.29) is 0 Å². The van der Waals surface area contributed by atoms with Crippen molar-refractivity contribution in [2.24, 2.45) is 0 Å². The summed E-state index contributed by atoms with van der Waals surface area (Å²) in [6.07, 6.45) is 4.08. The van der Waals surface area contributed by atoms with Crippen LogP contribution in [0.2, 0.25) is 0 Å². The Bertz CT molecular complexity index is 289. The van der Waals surface area contributed by atoms with E-state index in [2.05, 4.69) is 15.5 Å². The zero-order chi connectivity index (χ0) is 12.3. The Balaban J connectivity index is 1.86. The van der Waals surface area contributed by atoms with Gasteiger partial charge in [-0.25, -0.2) is 0 Å². The van der Waals surface area contributed by atoms with Crippen LogP contribution in [0.4, 0.5) is 0 Å². The molecule has 0 radical (unpaired) electrons. The van der Waals surface area contributed by atoms with Crippen molar-refractivity contribution < 1.29 is 9.47 Å². The first-order chi connectivity index (χ1) is 8.34. The predicted octanol–water partition coefficient (Wildman–Crippen LogP) is 1.25. The van der Waals surface area contributed by atoms with Crippen molar-refractivity contribution in [1.29, 1.82) is 0 Å². The molecule has 0 atom stereocenters. The summed E-state index contributed by atoms with van der Waals surface area (Å²) >= 11 is 0. The molecule has 0 aliphatic rings. The molecule has 17 heavy (non-hydrogen) atoms. The van der Waals surface area contributed by atoms with Gasteiger partial charge in [0.1, 0.15) is 0 Å². The van der Waals surface area contributed by atoms with Gasteiger partial charge in [-0.15, -0.1) is 0 Å². The highest BCUT2D eigenvalue weighted by Crippen LogP contribution is 2.01. The molecule has 1 aromatic heterocycles. The fraction of sp³-hybridized carbons (Fsp3) is 0.750. The number of aromatic amines is 1. The monoisotopic (exact) mass is 241 g/mol. The minimum absolute atomic E-state index is 0.679. The van der Waals surface area contributed by atoms with Gasteiger partial charge in [0.25, 0.3) is 0 Å². The van der Waals surface area contributed by atoms with Gasteiger partial charge in [-0.2, -0.15) is 5.10 Å². The number of unbranched alkanes of at least 4 members (excludes halogenated alkanes) is 1. The van der Waals surface area contributed by atoms with E-state index in [9.17, 15) is 0 Å². The molecule has 0 amide bonds. The largest absolute Gasteiger partial charge is 0.382 e. The summed E-state index contributed by atoms with van der Waals surface area (Å²) in [7, 11) is 1.69. The number of hydrogen-bond donors (Lipinski definition) is 2. The summed E-state index contributed by atoms with van der Waals surface area (Å²) < 4.78 is 10.3. The van der Waals surface area contributed by atoms with Crippen molar-refractivity contribution in [1.82, 2.24) is 15.5 Å². The molecular weight excluding hydrogens is 218 g/mol. The smallest absolute Gasteiger partial charge is 0.0700 e. The summed E-state index contributed by atoms with van der Waals surface area (Å²) in [5.41, 5.74) is 2.38. The Morgan fingerprint density at radius 1 is 1.29 bits per heavy atom. The van der Waals surface area contributed by atoms with Crippen molar-refractivity contribution in [2.75, 3.05) is 33.5 Å². The van der Waals surface area contributed by atoms with E-state index < -0.39 is 0 Å². The Morgan fingerprint density at radius 2 is 2.18 bits per heavy atom. The quantitative estimate of drug-likeness (QED) is 0.605. The molecule has 5 nitrogen and oxygen atoms in total. The van der Waals surface area contributed by atoms with E-state index in [1.807, 2.05) is 13.1 Å². The predicted molar refractivity (Wildman–Crippen MR) is 67.0 cm³/mol. The van der Waals surface area contributed by atoms with Gasteiger partial charge in [0, 0.05) is 31.5 Å². The minimum atomic E-state index is 0.679. The van der Waals surface area contributed by atoms with Crippen LogP contribution in [-0.2, 0) is 16.0 Å².